The molecule has 7 nitrogen and oxygen atoms in total. The van der Waals surface area contributed by atoms with Gasteiger partial charge in [0, 0.05) is 6.92 Å². The van der Waals surface area contributed by atoms with Crippen molar-refractivity contribution in [2.24, 2.45) is 0 Å². The first-order chi connectivity index (χ1) is 9.51. The van der Waals surface area contributed by atoms with Gasteiger partial charge in [0.1, 0.15) is 0 Å². The van der Waals surface area contributed by atoms with Gasteiger partial charge in [0.05, 0.1) is 17.1 Å². The van der Waals surface area contributed by atoms with Crippen LogP contribution in [-0.4, -0.2) is 28.4 Å². The van der Waals surface area contributed by atoms with Crippen LogP contribution in [0.4, 0.5) is 0 Å². The molecule has 8 heteroatoms. The monoisotopic (exact) mass is 342 g/mol. The normalized spacial score (nSPS) is 10.3. The lowest BCUT2D eigenvalue weighted by Crippen LogP contribution is -2.02. The van der Waals surface area contributed by atoms with Gasteiger partial charge >= 0.3 is 5.97 Å². The number of hydrogen-bond donors (Lipinski definition) is 1. The van der Waals surface area contributed by atoms with Gasteiger partial charge in [-0.15, -0.1) is 10.2 Å². The standard InChI is InChI=1S/C12H11BrN2O5/c1-6-14-15-10(20-6)5-19-11-8(13)3-7(12(16)17)4-9(11)18-2/h3-4H,5H2,1-2H3,(H,16,17). The van der Waals surface area contributed by atoms with Crippen molar-refractivity contribution in [1.82, 2.24) is 10.2 Å². The molecule has 0 amide bonds. The van der Waals surface area contributed by atoms with E-state index in [-0.39, 0.29) is 12.2 Å². The van der Waals surface area contributed by atoms with E-state index < -0.39 is 5.97 Å². The molecule has 0 spiro atoms. The molecule has 20 heavy (non-hydrogen) atoms. The minimum Gasteiger partial charge on any atom is -0.493 e. The zero-order valence-corrected chi connectivity index (χ0v) is 12.3. The Morgan fingerprint density at radius 3 is 2.75 bits per heavy atom. The smallest absolute Gasteiger partial charge is 0.335 e. The zero-order chi connectivity index (χ0) is 14.7. The van der Waals surface area contributed by atoms with Gasteiger partial charge < -0.3 is 19.0 Å². The molecule has 0 saturated heterocycles. The molecular formula is C12H11BrN2O5. The van der Waals surface area contributed by atoms with Crippen molar-refractivity contribution in [2.45, 2.75) is 13.5 Å². The summed E-state index contributed by atoms with van der Waals surface area (Å²) in [6.07, 6.45) is 0. The molecule has 0 aliphatic carbocycles. The topological polar surface area (TPSA) is 94.7 Å². The summed E-state index contributed by atoms with van der Waals surface area (Å²) >= 11 is 3.25. The minimum absolute atomic E-state index is 0.0578. The average Bonchev–Trinajstić information content (AvgIpc) is 2.82. The van der Waals surface area contributed by atoms with Crippen LogP contribution in [-0.2, 0) is 6.61 Å². The molecule has 0 unspecified atom stereocenters. The van der Waals surface area contributed by atoms with Crippen LogP contribution in [0.15, 0.2) is 21.0 Å². The average molecular weight is 343 g/mol. The van der Waals surface area contributed by atoms with Crippen molar-refractivity contribution in [3.8, 4) is 11.5 Å². The Labute approximate surface area is 122 Å². The SMILES string of the molecule is COc1cc(C(=O)O)cc(Br)c1OCc1nnc(C)o1. The molecule has 1 heterocycles. The fourth-order valence-electron chi connectivity index (χ4n) is 1.51. The fourth-order valence-corrected chi connectivity index (χ4v) is 2.07. The lowest BCUT2D eigenvalue weighted by molar-refractivity contribution is 0.0696. The van der Waals surface area contributed by atoms with Crippen LogP contribution < -0.4 is 9.47 Å². The van der Waals surface area contributed by atoms with E-state index in [1.54, 1.807) is 6.92 Å². The van der Waals surface area contributed by atoms with Gasteiger partial charge in [-0.05, 0) is 28.1 Å². The number of rotatable bonds is 5. The third kappa shape index (κ3) is 3.08. The molecule has 0 bridgehead atoms. The minimum atomic E-state index is -1.05. The van der Waals surface area contributed by atoms with Gasteiger partial charge in [0.2, 0.25) is 5.89 Å². The molecule has 106 valence electrons. The van der Waals surface area contributed by atoms with Crippen LogP contribution in [0, 0.1) is 6.92 Å². The summed E-state index contributed by atoms with van der Waals surface area (Å²) in [4.78, 5) is 11.0. The summed E-state index contributed by atoms with van der Waals surface area (Å²) in [5.74, 6) is 0.374. The maximum atomic E-state index is 11.0. The van der Waals surface area contributed by atoms with Crippen LogP contribution in [0.1, 0.15) is 22.1 Å². The summed E-state index contributed by atoms with van der Waals surface area (Å²) < 4.78 is 16.3. The van der Waals surface area contributed by atoms with Gasteiger partial charge in [-0.2, -0.15) is 0 Å². The maximum Gasteiger partial charge on any atom is 0.335 e. The number of carboxylic acid groups (broad SMARTS) is 1. The van der Waals surface area contributed by atoms with Crippen molar-refractivity contribution < 1.29 is 23.8 Å². The third-order valence-electron chi connectivity index (χ3n) is 2.38. The van der Waals surface area contributed by atoms with E-state index in [9.17, 15) is 4.79 Å². The number of carbonyl (C=O) groups is 1. The highest BCUT2D eigenvalue weighted by atomic mass is 79.9. The molecule has 1 N–H and O–H groups in total. The second kappa shape index (κ2) is 5.91. The molecule has 0 aliphatic rings. The van der Waals surface area contributed by atoms with E-state index in [1.165, 1.54) is 19.2 Å². The van der Waals surface area contributed by atoms with Crippen molar-refractivity contribution in [3.05, 3.63) is 34.0 Å². The summed E-state index contributed by atoms with van der Waals surface area (Å²) in [6.45, 7) is 1.73. The highest BCUT2D eigenvalue weighted by Crippen LogP contribution is 2.37. The first-order valence-corrected chi connectivity index (χ1v) is 6.33. The molecule has 2 rings (SSSR count). The molecule has 1 aromatic carbocycles. The van der Waals surface area contributed by atoms with Gasteiger partial charge in [-0.25, -0.2) is 4.79 Å². The molecular weight excluding hydrogens is 332 g/mol. The summed E-state index contributed by atoms with van der Waals surface area (Å²) in [5, 5.41) is 16.5. The second-order valence-electron chi connectivity index (χ2n) is 3.80. The van der Waals surface area contributed by atoms with Crippen molar-refractivity contribution >= 4 is 21.9 Å². The number of carboxylic acids is 1. The van der Waals surface area contributed by atoms with Gasteiger partial charge in [0.25, 0.3) is 5.89 Å². The lowest BCUT2D eigenvalue weighted by atomic mass is 10.2. The number of ether oxygens (including phenoxy) is 2. The molecule has 0 fully saturated rings. The Balaban J connectivity index is 2.24. The Hall–Kier alpha value is -2.09. The molecule has 0 radical (unpaired) electrons. The molecule has 1 aromatic heterocycles. The highest BCUT2D eigenvalue weighted by Gasteiger charge is 2.16. The quantitative estimate of drug-likeness (QED) is 0.891. The highest BCUT2D eigenvalue weighted by molar-refractivity contribution is 9.10. The summed E-state index contributed by atoms with van der Waals surface area (Å²) in [6, 6.07) is 2.81. The number of hydrogen-bond acceptors (Lipinski definition) is 6. The number of methoxy groups -OCH3 is 1. The Bertz CT molecular complexity index is 641. The predicted molar refractivity (Wildman–Crippen MR) is 71.0 cm³/mol. The van der Waals surface area contributed by atoms with Crippen molar-refractivity contribution in [3.63, 3.8) is 0 Å². The number of aromatic carboxylic acids is 1. The number of aromatic nitrogens is 2. The van der Waals surface area contributed by atoms with Crippen molar-refractivity contribution in [2.75, 3.05) is 7.11 Å². The van der Waals surface area contributed by atoms with Gasteiger partial charge in [0.15, 0.2) is 18.1 Å². The van der Waals surface area contributed by atoms with Crippen LogP contribution in [0.3, 0.4) is 0 Å². The molecule has 0 aliphatic heterocycles. The van der Waals surface area contributed by atoms with Gasteiger partial charge in [-0.3, -0.25) is 0 Å². The van der Waals surface area contributed by atoms with Crippen LogP contribution in [0.25, 0.3) is 0 Å². The largest absolute Gasteiger partial charge is 0.493 e. The van der Waals surface area contributed by atoms with E-state index in [0.29, 0.717) is 27.8 Å². The van der Waals surface area contributed by atoms with Crippen LogP contribution in [0.2, 0.25) is 0 Å². The number of halogens is 1. The molecule has 0 saturated carbocycles. The zero-order valence-electron chi connectivity index (χ0n) is 10.7. The first kappa shape index (κ1) is 14.3. The molecule has 2 aromatic rings. The lowest BCUT2D eigenvalue weighted by Gasteiger charge is -2.12. The predicted octanol–water partition coefficient (Wildman–Crippen LogP) is 2.43. The fraction of sp³-hybridized carbons (Fsp3) is 0.250. The van der Waals surface area contributed by atoms with Crippen molar-refractivity contribution in [1.29, 1.82) is 0 Å². The second-order valence-corrected chi connectivity index (χ2v) is 4.65. The Morgan fingerprint density at radius 2 is 2.20 bits per heavy atom. The molecule has 0 atom stereocenters. The number of nitrogens with zero attached hydrogens (tertiary/aromatic N) is 2. The van der Waals surface area contributed by atoms with Crippen LogP contribution >= 0.6 is 15.9 Å². The van der Waals surface area contributed by atoms with Gasteiger partial charge in [-0.1, -0.05) is 0 Å². The van der Waals surface area contributed by atoms with E-state index in [4.69, 9.17) is 19.0 Å². The van der Waals surface area contributed by atoms with E-state index in [0.717, 1.165) is 0 Å². The maximum absolute atomic E-state index is 11.0. The van der Waals surface area contributed by atoms with E-state index in [1.807, 2.05) is 0 Å². The van der Waals surface area contributed by atoms with E-state index >= 15 is 0 Å². The third-order valence-corrected chi connectivity index (χ3v) is 2.97. The first-order valence-electron chi connectivity index (χ1n) is 5.54. The number of aryl methyl sites for hydroxylation is 1. The Kier molecular flexibility index (Phi) is 4.23. The van der Waals surface area contributed by atoms with Crippen LogP contribution in [0.5, 0.6) is 11.5 Å². The number of benzene rings is 1. The van der Waals surface area contributed by atoms with E-state index in [2.05, 4.69) is 26.1 Å². The summed E-state index contributed by atoms with van der Waals surface area (Å²) in [5.41, 5.74) is 0.0923. The summed E-state index contributed by atoms with van der Waals surface area (Å²) in [7, 11) is 1.43. The Morgan fingerprint density at radius 1 is 1.45 bits per heavy atom.